The van der Waals surface area contributed by atoms with Crippen molar-refractivity contribution in [2.24, 2.45) is 5.84 Å². The molecule has 0 aromatic heterocycles. The SMILES string of the molecule is NNS(=O)(=O)c1cc(Cl)cc([N+](=O)[O-])c1. The van der Waals surface area contributed by atoms with Crippen LogP contribution in [0, 0.1) is 10.1 Å². The number of nitro groups is 1. The Kier molecular flexibility index (Phi) is 3.25. The molecule has 0 heterocycles. The zero-order valence-electron chi connectivity index (χ0n) is 7.18. The maximum Gasteiger partial charge on any atom is 0.272 e. The van der Waals surface area contributed by atoms with Gasteiger partial charge in [-0.3, -0.25) is 16.0 Å². The smallest absolute Gasteiger partial charge is 0.258 e. The fourth-order valence-corrected chi connectivity index (χ4v) is 1.86. The van der Waals surface area contributed by atoms with Gasteiger partial charge >= 0.3 is 0 Å². The number of nitro benzene ring substituents is 1. The van der Waals surface area contributed by atoms with Crippen molar-refractivity contribution >= 4 is 27.3 Å². The molecule has 0 atom stereocenters. The van der Waals surface area contributed by atoms with Crippen LogP contribution >= 0.6 is 11.6 Å². The van der Waals surface area contributed by atoms with E-state index in [-0.39, 0.29) is 9.92 Å². The number of halogens is 1. The van der Waals surface area contributed by atoms with E-state index in [0.717, 1.165) is 18.2 Å². The highest BCUT2D eigenvalue weighted by molar-refractivity contribution is 7.89. The summed E-state index contributed by atoms with van der Waals surface area (Å²) in [5.41, 5.74) is -0.420. The van der Waals surface area contributed by atoms with E-state index < -0.39 is 20.6 Å². The number of non-ortho nitro benzene ring substituents is 1. The molecule has 0 aliphatic carbocycles. The third-order valence-corrected chi connectivity index (χ3v) is 2.92. The number of nitrogens with one attached hydrogen (secondary N) is 1. The first kappa shape index (κ1) is 11.9. The van der Waals surface area contributed by atoms with Crippen molar-refractivity contribution in [2.45, 2.75) is 4.90 Å². The second-order valence-corrected chi connectivity index (χ2v) is 4.67. The predicted octanol–water partition coefficient (Wildman–Crippen LogP) is 0.400. The quantitative estimate of drug-likeness (QED) is 0.458. The Bertz CT molecular complexity index is 501. The van der Waals surface area contributed by atoms with Gasteiger partial charge in [-0.25, -0.2) is 8.42 Å². The Morgan fingerprint density at radius 3 is 2.47 bits per heavy atom. The monoisotopic (exact) mass is 251 g/mol. The molecule has 82 valence electrons. The first-order valence-corrected chi connectivity index (χ1v) is 5.40. The highest BCUT2D eigenvalue weighted by Crippen LogP contribution is 2.23. The molecule has 1 aromatic carbocycles. The van der Waals surface area contributed by atoms with Crippen molar-refractivity contribution in [1.29, 1.82) is 0 Å². The van der Waals surface area contributed by atoms with E-state index in [1.165, 1.54) is 0 Å². The number of sulfonamides is 1. The number of hydrazine groups is 1. The van der Waals surface area contributed by atoms with Crippen molar-refractivity contribution in [2.75, 3.05) is 0 Å². The van der Waals surface area contributed by atoms with Gasteiger partial charge < -0.3 is 0 Å². The number of hydrogen-bond acceptors (Lipinski definition) is 5. The standard InChI is InChI=1S/C6H6ClN3O4S/c7-4-1-5(10(11)12)3-6(2-4)15(13,14)9-8/h1-3,9H,8H2. The number of benzene rings is 1. The maximum absolute atomic E-state index is 11.2. The van der Waals surface area contributed by atoms with Crippen LogP contribution in [-0.2, 0) is 10.0 Å². The molecule has 0 radical (unpaired) electrons. The van der Waals surface area contributed by atoms with Crippen LogP contribution in [0.5, 0.6) is 0 Å². The fraction of sp³-hybridized carbons (Fsp3) is 0. The van der Waals surface area contributed by atoms with Gasteiger partial charge in [0.1, 0.15) is 0 Å². The lowest BCUT2D eigenvalue weighted by atomic mass is 10.3. The summed E-state index contributed by atoms with van der Waals surface area (Å²) in [6.07, 6.45) is 0. The van der Waals surface area contributed by atoms with Crippen LogP contribution < -0.4 is 10.7 Å². The number of rotatable bonds is 3. The molecule has 0 saturated heterocycles. The van der Waals surface area contributed by atoms with Gasteiger partial charge in [-0.15, -0.1) is 0 Å². The second-order valence-electron chi connectivity index (χ2n) is 2.52. The molecule has 0 saturated carbocycles. The first-order chi connectivity index (χ1) is 6.86. The summed E-state index contributed by atoms with van der Waals surface area (Å²) in [6.45, 7) is 0. The first-order valence-electron chi connectivity index (χ1n) is 3.54. The molecule has 0 bridgehead atoms. The van der Waals surface area contributed by atoms with E-state index in [4.69, 9.17) is 17.4 Å². The van der Waals surface area contributed by atoms with Gasteiger partial charge in [0.15, 0.2) is 0 Å². The van der Waals surface area contributed by atoms with Gasteiger partial charge in [0.2, 0.25) is 0 Å². The Balaban J connectivity index is 3.40. The minimum Gasteiger partial charge on any atom is -0.258 e. The molecule has 0 aliphatic heterocycles. The van der Waals surface area contributed by atoms with E-state index in [1.807, 2.05) is 0 Å². The zero-order valence-corrected chi connectivity index (χ0v) is 8.75. The van der Waals surface area contributed by atoms with Gasteiger partial charge in [-0.05, 0) is 6.07 Å². The molecular formula is C6H6ClN3O4S. The minimum absolute atomic E-state index is 0.0574. The Morgan fingerprint density at radius 2 is 2.00 bits per heavy atom. The molecule has 1 aromatic rings. The van der Waals surface area contributed by atoms with Crippen LogP contribution in [0.1, 0.15) is 0 Å². The van der Waals surface area contributed by atoms with Gasteiger partial charge in [0.05, 0.1) is 9.82 Å². The third-order valence-electron chi connectivity index (χ3n) is 1.53. The van der Waals surface area contributed by atoms with Crippen LogP contribution in [0.15, 0.2) is 23.1 Å². The molecule has 0 amide bonds. The molecule has 0 unspecified atom stereocenters. The molecule has 15 heavy (non-hydrogen) atoms. The summed E-state index contributed by atoms with van der Waals surface area (Å²) >= 11 is 5.52. The van der Waals surface area contributed by atoms with E-state index in [9.17, 15) is 18.5 Å². The molecule has 1 rings (SSSR count). The van der Waals surface area contributed by atoms with E-state index in [2.05, 4.69) is 0 Å². The van der Waals surface area contributed by atoms with Crippen LogP contribution in [0.2, 0.25) is 5.02 Å². The largest absolute Gasteiger partial charge is 0.272 e. The highest BCUT2D eigenvalue weighted by Gasteiger charge is 2.17. The van der Waals surface area contributed by atoms with Crippen LogP contribution in [0.4, 0.5) is 5.69 Å². The third kappa shape index (κ3) is 2.63. The molecule has 0 spiro atoms. The molecule has 0 fully saturated rings. The summed E-state index contributed by atoms with van der Waals surface area (Å²) in [4.78, 5) is 10.9. The topological polar surface area (TPSA) is 115 Å². The van der Waals surface area contributed by atoms with Crippen LogP contribution in [0.25, 0.3) is 0 Å². The van der Waals surface area contributed by atoms with E-state index in [0.29, 0.717) is 0 Å². The van der Waals surface area contributed by atoms with Gasteiger partial charge in [0.25, 0.3) is 15.7 Å². The summed E-state index contributed by atoms with van der Waals surface area (Å²) in [5.74, 6) is 4.76. The van der Waals surface area contributed by atoms with Crippen molar-refractivity contribution < 1.29 is 13.3 Å². The van der Waals surface area contributed by atoms with E-state index >= 15 is 0 Å². The fourth-order valence-electron chi connectivity index (χ4n) is 0.877. The summed E-state index contributed by atoms with van der Waals surface area (Å²) in [7, 11) is -3.94. The van der Waals surface area contributed by atoms with Crippen LogP contribution in [-0.4, -0.2) is 13.3 Å². The highest BCUT2D eigenvalue weighted by atomic mass is 35.5. The molecule has 9 heteroatoms. The van der Waals surface area contributed by atoms with Gasteiger partial charge in [0, 0.05) is 17.2 Å². The predicted molar refractivity (Wildman–Crippen MR) is 52.6 cm³/mol. The Morgan fingerprint density at radius 1 is 1.40 bits per heavy atom. The van der Waals surface area contributed by atoms with E-state index in [1.54, 1.807) is 4.83 Å². The zero-order chi connectivity index (χ0) is 11.6. The lowest BCUT2D eigenvalue weighted by molar-refractivity contribution is -0.385. The molecule has 0 aliphatic rings. The summed E-state index contributed by atoms with van der Waals surface area (Å²) in [5, 5.41) is 10.4. The number of nitrogens with zero attached hydrogens (tertiary/aromatic N) is 1. The molecule has 7 nitrogen and oxygen atoms in total. The molecular weight excluding hydrogens is 246 g/mol. The number of hydrogen-bond donors (Lipinski definition) is 2. The van der Waals surface area contributed by atoms with Gasteiger partial charge in [-0.2, -0.15) is 4.83 Å². The van der Waals surface area contributed by atoms with Gasteiger partial charge in [-0.1, -0.05) is 11.6 Å². The normalized spacial score (nSPS) is 11.3. The van der Waals surface area contributed by atoms with Crippen molar-refractivity contribution in [3.05, 3.63) is 33.3 Å². The van der Waals surface area contributed by atoms with Crippen LogP contribution in [0.3, 0.4) is 0 Å². The molecule has 3 N–H and O–H groups in total. The summed E-state index contributed by atoms with van der Waals surface area (Å²) < 4.78 is 22.4. The lowest BCUT2D eigenvalue weighted by Gasteiger charge is -2.02. The van der Waals surface area contributed by atoms with Crippen molar-refractivity contribution in [3.63, 3.8) is 0 Å². The lowest BCUT2D eigenvalue weighted by Crippen LogP contribution is -2.30. The second kappa shape index (κ2) is 4.11. The van der Waals surface area contributed by atoms with Crippen molar-refractivity contribution in [3.8, 4) is 0 Å². The minimum atomic E-state index is -3.94. The Hall–Kier alpha value is -1.22. The average molecular weight is 252 g/mol. The summed E-state index contributed by atoms with van der Waals surface area (Å²) in [6, 6.07) is 2.96. The average Bonchev–Trinajstić information content (AvgIpc) is 2.16. The Labute approximate surface area is 90.0 Å². The van der Waals surface area contributed by atoms with Crippen molar-refractivity contribution in [1.82, 2.24) is 4.83 Å². The maximum atomic E-state index is 11.2. The number of nitrogens with two attached hydrogens (primary N) is 1.